The van der Waals surface area contributed by atoms with Crippen LogP contribution in [0.25, 0.3) is 6.08 Å². The van der Waals surface area contributed by atoms with Gasteiger partial charge in [-0.15, -0.1) is 0 Å². The molecule has 0 atom stereocenters. The van der Waals surface area contributed by atoms with Crippen LogP contribution < -0.4 is 10.1 Å². The number of halogens is 4. The van der Waals surface area contributed by atoms with E-state index in [-0.39, 0.29) is 11.7 Å². The molecule has 1 saturated heterocycles. The van der Waals surface area contributed by atoms with Crippen LogP contribution >= 0.6 is 68.5 Å². The fraction of sp³-hybridized carbons (Fsp3) is 0.0435. The topological polar surface area (TPSA) is 50.7 Å². The fourth-order valence-electron chi connectivity index (χ4n) is 2.83. The summed E-state index contributed by atoms with van der Waals surface area (Å²) in [5.41, 5.74) is 2.36. The highest BCUT2D eigenvalue weighted by Gasteiger charge is 2.24. The molecule has 3 aromatic carbocycles. The summed E-state index contributed by atoms with van der Waals surface area (Å²) >= 11 is 11.9. The van der Waals surface area contributed by atoms with Gasteiger partial charge in [0, 0.05) is 10.6 Å². The summed E-state index contributed by atoms with van der Waals surface area (Å²) in [5.74, 6) is 0.219. The molecule has 0 saturated carbocycles. The molecule has 4 rings (SSSR count). The van der Waals surface area contributed by atoms with Gasteiger partial charge in [-0.1, -0.05) is 29.8 Å². The van der Waals surface area contributed by atoms with Gasteiger partial charge in [-0.3, -0.25) is 4.79 Å². The molecular weight excluding hydrogens is 677 g/mol. The molecule has 1 N–H and O–H groups in total. The molecule has 1 fully saturated rings. The summed E-state index contributed by atoms with van der Waals surface area (Å²) in [6.45, 7) is 0.369. The number of aliphatic imine (C=N–C) groups is 1. The van der Waals surface area contributed by atoms with Crippen molar-refractivity contribution in [3.8, 4) is 5.75 Å². The number of thioether (sulfide) groups is 1. The third kappa shape index (κ3) is 5.83. The Bertz CT molecular complexity index is 1230. The van der Waals surface area contributed by atoms with E-state index >= 15 is 0 Å². The van der Waals surface area contributed by atoms with Gasteiger partial charge in [0.25, 0.3) is 5.91 Å². The Balaban J connectivity index is 1.51. The molecule has 1 amide bonds. The van der Waals surface area contributed by atoms with E-state index in [0.717, 1.165) is 24.0 Å². The standard InChI is InChI=1S/C23H14ClFI2N2O2S/c24-17-4-2-1-3-14(17)12-31-21-18(26)9-13(10-19(21)27)11-20-22(30)29-23(32-20)28-16-7-5-15(25)6-8-16/h1-11H,12H2,(H,28,29,30)/b20-11+. The summed E-state index contributed by atoms with van der Waals surface area (Å²) in [6, 6.07) is 17.3. The van der Waals surface area contributed by atoms with E-state index in [1.807, 2.05) is 42.5 Å². The first-order valence-corrected chi connectivity index (χ1v) is 12.6. The maximum absolute atomic E-state index is 13.1. The van der Waals surface area contributed by atoms with E-state index in [1.54, 1.807) is 12.1 Å². The zero-order valence-corrected chi connectivity index (χ0v) is 22.1. The van der Waals surface area contributed by atoms with Gasteiger partial charge in [-0.25, -0.2) is 9.38 Å². The van der Waals surface area contributed by atoms with Crippen LogP contribution in [0.2, 0.25) is 5.02 Å². The maximum atomic E-state index is 13.1. The van der Waals surface area contributed by atoms with Crippen molar-refractivity contribution >= 4 is 91.4 Å². The molecule has 1 heterocycles. The van der Waals surface area contributed by atoms with E-state index in [2.05, 4.69) is 55.5 Å². The normalized spacial score (nSPS) is 15.9. The number of ether oxygens (including phenoxy) is 1. The van der Waals surface area contributed by atoms with Gasteiger partial charge in [0.1, 0.15) is 18.2 Å². The number of benzene rings is 3. The summed E-state index contributed by atoms with van der Waals surface area (Å²) in [6.07, 6.45) is 1.81. The monoisotopic (exact) mass is 690 g/mol. The molecule has 0 unspecified atom stereocenters. The fourth-order valence-corrected chi connectivity index (χ4v) is 5.99. The molecule has 0 bridgehead atoms. The largest absolute Gasteiger partial charge is 0.487 e. The molecule has 32 heavy (non-hydrogen) atoms. The van der Waals surface area contributed by atoms with Gasteiger partial charge in [0.15, 0.2) is 5.17 Å². The highest BCUT2D eigenvalue weighted by molar-refractivity contribution is 14.1. The summed E-state index contributed by atoms with van der Waals surface area (Å²) < 4.78 is 20.9. The second-order valence-electron chi connectivity index (χ2n) is 6.65. The van der Waals surface area contributed by atoms with Crippen LogP contribution in [0.15, 0.2) is 70.6 Å². The Labute approximate surface area is 221 Å². The molecular formula is C23H14ClFI2N2O2S. The molecule has 0 aliphatic carbocycles. The molecule has 1 aliphatic heterocycles. The summed E-state index contributed by atoms with van der Waals surface area (Å²) in [4.78, 5) is 17.3. The molecule has 0 aromatic heterocycles. The number of nitrogens with one attached hydrogen (secondary N) is 1. The first-order chi connectivity index (χ1) is 15.4. The summed E-state index contributed by atoms with van der Waals surface area (Å²) in [5, 5.41) is 3.87. The first-order valence-electron chi connectivity index (χ1n) is 9.29. The van der Waals surface area contributed by atoms with Crippen molar-refractivity contribution in [1.82, 2.24) is 5.32 Å². The van der Waals surface area contributed by atoms with Gasteiger partial charge in [0.2, 0.25) is 0 Å². The van der Waals surface area contributed by atoms with Gasteiger partial charge >= 0.3 is 0 Å². The summed E-state index contributed by atoms with van der Waals surface area (Å²) in [7, 11) is 0. The van der Waals surface area contributed by atoms with E-state index in [4.69, 9.17) is 16.3 Å². The molecule has 4 nitrogen and oxygen atoms in total. The Kier molecular flexibility index (Phi) is 7.74. The van der Waals surface area contributed by atoms with Gasteiger partial charge in [0.05, 0.1) is 17.7 Å². The van der Waals surface area contributed by atoms with Crippen molar-refractivity contribution in [2.45, 2.75) is 6.61 Å². The second-order valence-corrected chi connectivity index (χ2v) is 10.4. The van der Waals surface area contributed by atoms with Crippen molar-refractivity contribution < 1.29 is 13.9 Å². The minimum atomic E-state index is -0.332. The number of nitrogens with zero attached hydrogens (tertiary/aromatic N) is 1. The number of carbonyl (C=O) groups excluding carboxylic acids is 1. The molecule has 0 radical (unpaired) electrons. The smallest absolute Gasteiger partial charge is 0.264 e. The number of hydrogen-bond acceptors (Lipinski definition) is 4. The second kappa shape index (κ2) is 10.5. The van der Waals surface area contributed by atoms with E-state index < -0.39 is 0 Å². The minimum absolute atomic E-state index is 0.222. The lowest BCUT2D eigenvalue weighted by atomic mass is 10.2. The number of amidine groups is 1. The minimum Gasteiger partial charge on any atom is -0.487 e. The molecule has 162 valence electrons. The van der Waals surface area contributed by atoms with E-state index in [0.29, 0.717) is 27.4 Å². The maximum Gasteiger partial charge on any atom is 0.264 e. The van der Waals surface area contributed by atoms with Crippen LogP contribution in [0.1, 0.15) is 11.1 Å². The van der Waals surface area contributed by atoms with E-state index in [9.17, 15) is 9.18 Å². The predicted octanol–water partition coefficient (Wildman–Crippen LogP) is 7.16. The lowest BCUT2D eigenvalue weighted by Gasteiger charge is -2.12. The van der Waals surface area contributed by atoms with Crippen LogP contribution in [-0.4, -0.2) is 11.1 Å². The number of amides is 1. The first kappa shape index (κ1) is 23.5. The Morgan fingerprint density at radius 2 is 1.78 bits per heavy atom. The molecule has 1 aliphatic rings. The number of rotatable bonds is 5. The zero-order chi connectivity index (χ0) is 22.7. The average molecular weight is 691 g/mol. The molecule has 0 spiro atoms. The molecule has 9 heteroatoms. The Morgan fingerprint density at radius 1 is 1.09 bits per heavy atom. The van der Waals surface area contributed by atoms with Crippen LogP contribution in [0.3, 0.4) is 0 Å². The van der Waals surface area contributed by atoms with Gasteiger partial charge in [-0.05, 0) is 111 Å². The predicted molar refractivity (Wildman–Crippen MR) is 145 cm³/mol. The van der Waals surface area contributed by atoms with Crippen LogP contribution in [0, 0.1) is 13.0 Å². The van der Waals surface area contributed by atoms with Crippen LogP contribution in [-0.2, 0) is 11.4 Å². The average Bonchev–Trinajstić information content (AvgIpc) is 3.09. The van der Waals surface area contributed by atoms with Crippen LogP contribution in [0.5, 0.6) is 5.75 Å². The Hall–Kier alpha value is -1.63. The van der Waals surface area contributed by atoms with Crippen molar-refractivity contribution in [2.24, 2.45) is 4.99 Å². The van der Waals surface area contributed by atoms with Gasteiger partial charge in [-0.2, -0.15) is 0 Å². The van der Waals surface area contributed by atoms with E-state index in [1.165, 1.54) is 23.9 Å². The number of carbonyl (C=O) groups is 1. The third-order valence-electron chi connectivity index (χ3n) is 4.36. The highest BCUT2D eigenvalue weighted by atomic mass is 127. The number of hydrogen-bond donors (Lipinski definition) is 1. The van der Waals surface area contributed by atoms with Crippen molar-refractivity contribution in [2.75, 3.05) is 0 Å². The van der Waals surface area contributed by atoms with Crippen molar-refractivity contribution in [1.29, 1.82) is 0 Å². The third-order valence-corrected chi connectivity index (χ3v) is 7.24. The van der Waals surface area contributed by atoms with Gasteiger partial charge < -0.3 is 10.1 Å². The van der Waals surface area contributed by atoms with Crippen molar-refractivity contribution in [3.05, 3.63) is 94.7 Å². The quantitative estimate of drug-likeness (QED) is 0.229. The SMILES string of the molecule is O=C1NC(=Nc2ccc(F)cc2)S/C1=C/c1cc(I)c(OCc2ccccc2Cl)c(I)c1. The lowest BCUT2D eigenvalue weighted by molar-refractivity contribution is -0.115. The zero-order valence-electron chi connectivity index (χ0n) is 16.2. The van der Waals surface area contributed by atoms with Crippen LogP contribution in [0.4, 0.5) is 10.1 Å². The highest BCUT2D eigenvalue weighted by Crippen LogP contribution is 2.33. The lowest BCUT2D eigenvalue weighted by Crippen LogP contribution is -2.19. The Morgan fingerprint density at radius 3 is 2.47 bits per heavy atom. The molecule has 3 aromatic rings. The van der Waals surface area contributed by atoms with Crippen molar-refractivity contribution in [3.63, 3.8) is 0 Å².